The number of carbonyl (C=O) groups is 2. The lowest BCUT2D eigenvalue weighted by Crippen LogP contribution is -2.21. The van der Waals surface area contributed by atoms with Gasteiger partial charge >= 0.3 is 29.8 Å². The first-order chi connectivity index (χ1) is 19.9. The monoisotopic (exact) mass is 639 g/mol. The summed E-state index contributed by atoms with van der Waals surface area (Å²) in [6.45, 7) is 0. The molecule has 4 aromatic rings. The maximum absolute atomic E-state index is 12.6. The number of aromatic amines is 1. The standard InChI is InChI=1S/C20H12F3N5S.2C2HF3O2/c21-20(22,23)29-12-5-3-11(4-6-12)18-27-16-13-7-9-24-10-15(13)26-19-14(17(16)28-18)2-1-8-25-19;2*3-2(4,5)1(6)7/h1-10H,(H,25,26)(H,27,28);2*(H,6,7). The number of aliphatic carboxylic acids is 2. The number of benzene rings is 1. The average Bonchev–Trinajstić information content (AvgIpc) is 3.28. The second-order valence-electron chi connectivity index (χ2n) is 7.93. The molecule has 9 nitrogen and oxygen atoms in total. The molecular formula is C24H14F9N5O4S. The topological polar surface area (TPSA) is 141 Å². The van der Waals surface area contributed by atoms with Gasteiger partial charge in [-0.1, -0.05) is 12.1 Å². The third-order valence-electron chi connectivity index (χ3n) is 4.96. The van der Waals surface area contributed by atoms with Crippen molar-refractivity contribution in [1.82, 2.24) is 19.9 Å². The number of carboxylic acid groups (broad SMARTS) is 2. The van der Waals surface area contributed by atoms with Crippen molar-refractivity contribution in [3.8, 4) is 33.9 Å². The number of imidazole rings is 1. The van der Waals surface area contributed by atoms with Crippen LogP contribution < -0.4 is 5.32 Å². The first-order valence-electron chi connectivity index (χ1n) is 11.1. The molecule has 1 aliphatic heterocycles. The quantitative estimate of drug-likeness (QED) is 0.117. The molecule has 0 saturated carbocycles. The molecule has 4 heterocycles. The molecule has 0 spiro atoms. The van der Waals surface area contributed by atoms with Crippen molar-refractivity contribution >= 4 is 35.2 Å². The number of H-pyrrole nitrogens is 1. The molecule has 0 amide bonds. The molecule has 1 aromatic carbocycles. The van der Waals surface area contributed by atoms with Gasteiger partial charge in [0.2, 0.25) is 0 Å². The van der Waals surface area contributed by atoms with Gasteiger partial charge in [0.05, 0.1) is 17.6 Å². The molecule has 0 bridgehead atoms. The molecule has 5 rings (SSSR count). The molecular weight excluding hydrogens is 625 g/mol. The van der Waals surface area contributed by atoms with Crippen molar-refractivity contribution in [2.75, 3.05) is 5.32 Å². The number of thioether (sulfide) groups is 1. The lowest BCUT2D eigenvalue weighted by Gasteiger charge is -2.08. The van der Waals surface area contributed by atoms with Crippen LogP contribution in [0.15, 0.2) is 66.0 Å². The number of nitrogens with one attached hydrogen (secondary N) is 2. The molecule has 43 heavy (non-hydrogen) atoms. The van der Waals surface area contributed by atoms with Crippen molar-refractivity contribution in [3.63, 3.8) is 0 Å². The summed E-state index contributed by atoms with van der Waals surface area (Å²) in [6, 6.07) is 11.8. The van der Waals surface area contributed by atoms with Crippen LogP contribution in [-0.4, -0.2) is 59.9 Å². The number of nitrogens with zero attached hydrogens (tertiary/aromatic N) is 3. The summed E-state index contributed by atoms with van der Waals surface area (Å²) in [7, 11) is 0. The van der Waals surface area contributed by atoms with Gasteiger partial charge in [-0.25, -0.2) is 19.6 Å². The minimum atomic E-state index is -5.08. The number of hydrogen-bond acceptors (Lipinski definition) is 7. The van der Waals surface area contributed by atoms with Gasteiger partial charge in [-0.3, -0.25) is 4.98 Å². The van der Waals surface area contributed by atoms with Gasteiger partial charge in [-0.15, -0.1) is 0 Å². The highest BCUT2D eigenvalue weighted by atomic mass is 32.2. The number of halogens is 9. The van der Waals surface area contributed by atoms with E-state index in [9.17, 15) is 39.5 Å². The Kier molecular flexibility index (Phi) is 9.58. The fraction of sp³-hybridized carbons (Fsp3) is 0.125. The molecule has 0 aliphatic carbocycles. The van der Waals surface area contributed by atoms with E-state index in [1.807, 2.05) is 18.2 Å². The van der Waals surface area contributed by atoms with Gasteiger partial charge in [0.25, 0.3) is 0 Å². The van der Waals surface area contributed by atoms with Crippen molar-refractivity contribution in [2.45, 2.75) is 22.8 Å². The Hall–Kier alpha value is -4.81. The van der Waals surface area contributed by atoms with Crippen LogP contribution in [0.4, 0.5) is 51.0 Å². The fourth-order valence-corrected chi connectivity index (χ4v) is 3.79. The van der Waals surface area contributed by atoms with Gasteiger partial charge in [0.15, 0.2) is 0 Å². The van der Waals surface area contributed by atoms with Gasteiger partial charge in [-0.05, 0) is 42.1 Å². The molecule has 3 aromatic heterocycles. The van der Waals surface area contributed by atoms with Crippen LogP contribution in [0.3, 0.4) is 0 Å². The highest BCUT2D eigenvalue weighted by Gasteiger charge is 2.39. The Morgan fingerprint density at radius 1 is 0.791 bits per heavy atom. The summed E-state index contributed by atoms with van der Waals surface area (Å²) in [5.74, 6) is -4.28. The normalized spacial score (nSPS) is 12.0. The summed E-state index contributed by atoms with van der Waals surface area (Å²) in [5, 5.41) is 17.5. The van der Waals surface area contributed by atoms with Crippen molar-refractivity contribution in [3.05, 3.63) is 61.1 Å². The van der Waals surface area contributed by atoms with E-state index < -0.39 is 29.8 Å². The predicted molar refractivity (Wildman–Crippen MR) is 133 cm³/mol. The second-order valence-corrected chi connectivity index (χ2v) is 9.07. The highest BCUT2D eigenvalue weighted by molar-refractivity contribution is 8.00. The van der Waals surface area contributed by atoms with Gasteiger partial charge in [-0.2, -0.15) is 39.5 Å². The minimum Gasteiger partial charge on any atom is -0.475 e. The smallest absolute Gasteiger partial charge is 0.475 e. The predicted octanol–water partition coefficient (Wildman–Crippen LogP) is 7.14. The second kappa shape index (κ2) is 12.6. The molecule has 0 unspecified atom stereocenters. The number of pyridine rings is 2. The summed E-state index contributed by atoms with van der Waals surface area (Å²) >= 11 is -0.138. The first-order valence-corrected chi connectivity index (χ1v) is 11.9. The largest absolute Gasteiger partial charge is 0.490 e. The van der Waals surface area contributed by atoms with Crippen LogP contribution in [0.25, 0.3) is 33.9 Å². The van der Waals surface area contributed by atoms with E-state index in [1.165, 1.54) is 12.1 Å². The zero-order valence-electron chi connectivity index (χ0n) is 20.6. The Bertz CT molecular complexity index is 1520. The maximum Gasteiger partial charge on any atom is 0.490 e. The van der Waals surface area contributed by atoms with E-state index in [4.69, 9.17) is 24.8 Å². The number of carboxylic acids is 2. The lowest BCUT2D eigenvalue weighted by atomic mass is 10.1. The van der Waals surface area contributed by atoms with Crippen LogP contribution in [0, 0.1) is 0 Å². The molecule has 19 heteroatoms. The zero-order valence-corrected chi connectivity index (χ0v) is 21.5. The van der Waals surface area contributed by atoms with Crippen molar-refractivity contribution in [2.24, 2.45) is 0 Å². The molecule has 0 saturated heterocycles. The van der Waals surface area contributed by atoms with E-state index in [1.54, 1.807) is 30.7 Å². The van der Waals surface area contributed by atoms with E-state index in [0.717, 1.165) is 22.5 Å². The molecule has 1 aliphatic rings. The summed E-state index contributed by atoms with van der Waals surface area (Å²) < 4.78 is 101. The highest BCUT2D eigenvalue weighted by Crippen LogP contribution is 2.43. The number of anilines is 2. The van der Waals surface area contributed by atoms with E-state index in [0.29, 0.717) is 22.9 Å². The Labute approximate surface area is 237 Å². The van der Waals surface area contributed by atoms with E-state index in [2.05, 4.69) is 20.3 Å². The van der Waals surface area contributed by atoms with Crippen LogP contribution in [0.1, 0.15) is 0 Å². The maximum atomic E-state index is 12.6. The number of alkyl halides is 9. The van der Waals surface area contributed by atoms with Crippen LogP contribution in [0.5, 0.6) is 0 Å². The number of hydrogen-bond donors (Lipinski definition) is 4. The van der Waals surface area contributed by atoms with Crippen molar-refractivity contribution < 1.29 is 59.3 Å². The van der Waals surface area contributed by atoms with Gasteiger partial charge in [0.1, 0.15) is 17.3 Å². The SMILES string of the molecule is FC(F)(F)Sc1ccc(-c2nc3c([nH]2)-c2ccncc2Nc2ncccc2-3)cc1.O=C(O)C(F)(F)F.O=C(O)C(F)(F)F. The Morgan fingerprint density at radius 2 is 1.37 bits per heavy atom. The average molecular weight is 639 g/mol. The first kappa shape index (κ1) is 32.7. The van der Waals surface area contributed by atoms with E-state index >= 15 is 0 Å². The molecule has 0 fully saturated rings. The molecule has 228 valence electrons. The van der Waals surface area contributed by atoms with Gasteiger partial charge < -0.3 is 20.5 Å². The number of aromatic nitrogens is 4. The van der Waals surface area contributed by atoms with Crippen LogP contribution in [-0.2, 0) is 9.59 Å². The third kappa shape index (κ3) is 8.84. The van der Waals surface area contributed by atoms with Gasteiger partial charge in [0, 0.05) is 34.0 Å². The zero-order chi connectivity index (χ0) is 32.2. The molecule has 4 N–H and O–H groups in total. The van der Waals surface area contributed by atoms with E-state index in [-0.39, 0.29) is 16.7 Å². The number of fused-ring (bicyclic) bond motifs is 5. The van der Waals surface area contributed by atoms with Crippen LogP contribution in [0.2, 0.25) is 0 Å². The minimum absolute atomic E-state index is 0.129. The van der Waals surface area contributed by atoms with Crippen LogP contribution >= 0.6 is 11.8 Å². The van der Waals surface area contributed by atoms with Crippen molar-refractivity contribution in [1.29, 1.82) is 0 Å². The number of rotatable bonds is 2. The Morgan fingerprint density at radius 3 is 1.91 bits per heavy atom. The third-order valence-corrected chi connectivity index (χ3v) is 5.70. The summed E-state index contributed by atoms with van der Waals surface area (Å²) in [4.78, 5) is 34.6. The summed E-state index contributed by atoms with van der Waals surface area (Å²) in [6.07, 6.45) is -5.07. The molecule has 0 atom stereocenters. The lowest BCUT2D eigenvalue weighted by molar-refractivity contribution is -0.193. The Balaban J connectivity index is 0.000000303. The summed E-state index contributed by atoms with van der Waals surface area (Å²) in [5.41, 5.74) is 0.392. The molecule has 0 radical (unpaired) electrons. The fourth-order valence-electron chi connectivity index (χ4n) is 3.25.